The number of nitrogens with one attached hydrogen (secondary N) is 1. The van der Waals surface area contributed by atoms with E-state index in [4.69, 9.17) is 5.73 Å². The molecule has 19 heavy (non-hydrogen) atoms. The van der Waals surface area contributed by atoms with Crippen molar-refractivity contribution in [1.82, 2.24) is 14.8 Å². The van der Waals surface area contributed by atoms with Crippen molar-refractivity contribution < 1.29 is 0 Å². The summed E-state index contributed by atoms with van der Waals surface area (Å²) in [6.07, 6.45) is 6.90. The highest BCUT2D eigenvalue weighted by Gasteiger charge is 2.33. The van der Waals surface area contributed by atoms with Crippen LogP contribution in [0.3, 0.4) is 0 Å². The summed E-state index contributed by atoms with van der Waals surface area (Å²) >= 11 is 1.70. The second-order valence-corrected chi connectivity index (χ2v) is 7.03. The number of nitrogens with two attached hydrogens (primary N) is 1. The molecule has 2 aliphatic rings. The van der Waals surface area contributed by atoms with Crippen LogP contribution in [-0.4, -0.2) is 26.1 Å². The Bertz CT molecular complexity index is 493. The van der Waals surface area contributed by atoms with E-state index in [1.54, 1.807) is 11.8 Å². The average Bonchev–Trinajstić information content (AvgIpc) is 3.17. The number of aromatic nitrogens is 3. The summed E-state index contributed by atoms with van der Waals surface area (Å²) in [5.41, 5.74) is 6.18. The van der Waals surface area contributed by atoms with E-state index >= 15 is 0 Å². The molecule has 3 unspecified atom stereocenters. The minimum Gasteiger partial charge on any atom is -0.327 e. The summed E-state index contributed by atoms with van der Waals surface area (Å²) in [4.78, 5) is 11.8. The Hall–Kier alpha value is -0.750. The summed E-state index contributed by atoms with van der Waals surface area (Å²) in [5, 5.41) is 8.01. The lowest BCUT2D eigenvalue weighted by Crippen LogP contribution is -2.38. The van der Waals surface area contributed by atoms with Gasteiger partial charge in [0, 0.05) is 17.3 Å². The van der Waals surface area contributed by atoms with Gasteiger partial charge in [0.2, 0.25) is 0 Å². The van der Waals surface area contributed by atoms with Gasteiger partial charge in [0.1, 0.15) is 0 Å². The molecule has 0 bridgehead atoms. The normalized spacial score (nSPS) is 31.6. The first-order chi connectivity index (χ1) is 9.19. The van der Waals surface area contributed by atoms with Crippen LogP contribution in [0.4, 0.5) is 0 Å². The number of rotatable bonds is 4. The van der Waals surface area contributed by atoms with Crippen molar-refractivity contribution in [2.45, 2.75) is 67.9 Å². The summed E-state index contributed by atoms with van der Waals surface area (Å²) in [6.45, 7) is 2.25. The molecule has 1 aromatic rings. The minimum absolute atomic E-state index is 0.0681. The summed E-state index contributed by atoms with van der Waals surface area (Å²) in [7, 11) is 0. The quantitative estimate of drug-likeness (QED) is 0.884. The molecule has 2 aliphatic carbocycles. The number of hydrogen-bond acceptors (Lipinski definition) is 4. The summed E-state index contributed by atoms with van der Waals surface area (Å²) in [6, 6.07) is 0.600. The third-order valence-electron chi connectivity index (χ3n) is 4.37. The molecule has 0 amide bonds. The van der Waals surface area contributed by atoms with Crippen molar-refractivity contribution in [1.29, 1.82) is 0 Å². The van der Waals surface area contributed by atoms with E-state index in [0.29, 0.717) is 11.3 Å². The van der Waals surface area contributed by atoms with Crippen LogP contribution in [0.1, 0.15) is 51.5 Å². The first-order valence-electron chi connectivity index (χ1n) is 7.28. The van der Waals surface area contributed by atoms with Gasteiger partial charge in [0.25, 0.3) is 0 Å². The van der Waals surface area contributed by atoms with Gasteiger partial charge in [-0.3, -0.25) is 4.57 Å². The third-order valence-corrected chi connectivity index (χ3v) is 5.71. The maximum atomic E-state index is 11.8. The number of hydrogen-bond donors (Lipinski definition) is 2. The van der Waals surface area contributed by atoms with Crippen LogP contribution in [0.5, 0.6) is 0 Å². The van der Waals surface area contributed by atoms with Crippen LogP contribution in [0, 0.1) is 5.92 Å². The molecule has 106 valence electrons. The van der Waals surface area contributed by atoms with Gasteiger partial charge in [-0.1, -0.05) is 25.1 Å². The van der Waals surface area contributed by atoms with Gasteiger partial charge in [0.05, 0.1) is 0 Å². The van der Waals surface area contributed by atoms with Gasteiger partial charge < -0.3 is 5.73 Å². The Labute approximate surface area is 117 Å². The molecule has 3 rings (SSSR count). The summed E-state index contributed by atoms with van der Waals surface area (Å²) in [5.74, 6) is 0.775. The summed E-state index contributed by atoms with van der Waals surface area (Å²) < 4.78 is 1.83. The van der Waals surface area contributed by atoms with E-state index in [1.165, 1.54) is 12.8 Å². The lowest BCUT2D eigenvalue weighted by atomic mass is 9.84. The van der Waals surface area contributed by atoms with Crippen molar-refractivity contribution in [2.24, 2.45) is 11.7 Å². The second kappa shape index (κ2) is 5.32. The van der Waals surface area contributed by atoms with E-state index in [9.17, 15) is 4.79 Å². The average molecular weight is 282 g/mol. The molecule has 0 aromatic carbocycles. The minimum atomic E-state index is -0.0681. The molecule has 0 saturated heterocycles. The lowest BCUT2D eigenvalue weighted by Gasteiger charge is -2.32. The SMILES string of the molecule is CCC1CCC(N)C(Sc2n[nH]c(=O)n2C2CC2)C1. The molecule has 2 saturated carbocycles. The molecule has 6 heteroatoms. The predicted molar refractivity (Wildman–Crippen MR) is 76.4 cm³/mol. The smallest absolute Gasteiger partial charge is 0.327 e. The van der Waals surface area contributed by atoms with Crippen molar-refractivity contribution in [3.8, 4) is 0 Å². The van der Waals surface area contributed by atoms with Crippen LogP contribution < -0.4 is 11.4 Å². The highest BCUT2D eigenvalue weighted by atomic mass is 32.2. The zero-order valence-electron chi connectivity index (χ0n) is 11.3. The third kappa shape index (κ3) is 2.74. The molecule has 2 fully saturated rings. The van der Waals surface area contributed by atoms with Crippen LogP contribution in [0.15, 0.2) is 9.95 Å². The Kier molecular flexibility index (Phi) is 3.71. The first-order valence-corrected chi connectivity index (χ1v) is 8.16. The van der Waals surface area contributed by atoms with Gasteiger partial charge in [-0.25, -0.2) is 9.89 Å². The van der Waals surface area contributed by atoms with Crippen molar-refractivity contribution in [2.75, 3.05) is 0 Å². The van der Waals surface area contributed by atoms with Gasteiger partial charge in [-0.15, -0.1) is 5.10 Å². The van der Waals surface area contributed by atoms with Gasteiger partial charge in [0.15, 0.2) is 5.16 Å². The standard InChI is InChI=1S/C13H22N4OS/c1-2-8-3-6-10(14)11(7-8)19-13-16-15-12(18)17(13)9-4-5-9/h8-11H,2-7,14H2,1H3,(H,15,18). The Balaban J connectivity index is 1.75. The van der Waals surface area contributed by atoms with E-state index in [0.717, 1.165) is 36.8 Å². The fourth-order valence-electron chi connectivity index (χ4n) is 2.91. The van der Waals surface area contributed by atoms with Crippen molar-refractivity contribution in [3.05, 3.63) is 10.5 Å². The highest BCUT2D eigenvalue weighted by molar-refractivity contribution is 7.99. The topological polar surface area (TPSA) is 76.7 Å². The molecule has 1 heterocycles. The van der Waals surface area contributed by atoms with E-state index in [-0.39, 0.29) is 11.7 Å². The van der Waals surface area contributed by atoms with E-state index in [2.05, 4.69) is 17.1 Å². The number of aromatic amines is 1. The largest absolute Gasteiger partial charge is 0.344 e. The Morgan fingerprint density at radius 3 is 2.89 bits per heavy atom. The highest BCUT2D eigenvalue weighted by Crippen LogP contribution is 2.40. The molecule has 0 radical (unpaired) electrons. The zero-order chi connectivity index (χ0) is 13.4. The molecule has 3 atom stereocenters. The van der Waals surface area contributed by atoms with Crippen LogP contribution in [0.2, 0.25) is 0 Å². The second-order valence-electron chi connectivity index (χ2n) is 5.82. The maximum Gasteiger partial charge on any atom is 0.344 e. The fraction of sp³-hybridized carbons (Fsp3) is 0.846. The molecule has 1 aromatic heterocycles. The van der Waals surface area contributed by atoms with Gasteiger partial charge >= 0.3 is 5.69 Å². The predicted octanol–water partition coefficient (Wildman–Crippen LogP) is 1.90. The Morgan fingerprint density at radius 2 is 2.21 bits per heavy atom. The van der Waals surface area contributed by atoms with E-state index < -0.39 is 0 Å². The first kappa shape index (κ1) is 13.2. The number of H-pyrrole nitrogens is 1. The van der Waals surface area contributed by atoms with Crippen molar-refractivity contribution >= 4 is 11.8 Å². The van der Waals surface area contributed by atoms with Gasteiger partial charge in [-0.05, 0) is 38.0 Å². The molecular weight excluding hydrogens is 260 g/mol. The zero-order valence-corrected chi connectivity index (χ0v) is 12.2. The fourth-order valence-corrected chi connectivity index (χ4v) is 4.30. The van der Waals surface area contributed by atoms with Crippen molar-refractivity contribution in [3.63, 3.8) is 0 Å². The monoisotopic (exact) mass is 282 g/mol. The van der Waals surface area contributed by atoms with E-state index in [1.807, 2.05) is 4.57 Å². The van der Waals surface area contributed by atoms with Crippen LogP contribution >= 0.6 is 11.8 Å². The molecular formula is C13H22N4OS. The Morgan fingerprint density at radius 1 is 1.42 bits per heavy atom. The molecule has 5 nitrogen and oxygen atoms in total. The van der Waals surface area contributed by atoms with Crippen LogP contribution in [0.25, 0.3) is 0 Å². The molecule has 0 spiro atoms. The maximum absolute atomic E-state index is 11.8. The van der Waals surface area contributed by atoms with Gasteiger partial charge in [-0.2, -0.15) is 0 Å². The molecule has 0 aliphatic heterocycles. The van der Waals surface area contributed by atoms with Crippen LogP contribution in [-0.2, 0) is 0 Å². The number of nitrogens with zero attached hydrogens (tertiary/aromatic N) is 2. The lowest BCUT2D eigenvalue weighted by molar-refractivity contribution is 0.327. The molecule has 3 N–H and O–H groups in total. The number of thioether (sulfide) groups is 1.